The van der Waals surface area contributed by atoms with E-state index in [1.807, 2.05) is 74.5 Å². The zero-order chi connectivity index (χ0) is 19.3. The van der Waals surface area contributed by atoms with Crippen molar-refractivity contribution in [2.24, 2.45) is 0 Å². The van der Waals surface area contributed by atoms with E-state index >= 15 is 0 Å². The van der Waals surface area contributed by atoms with E-state index in [0.29, 0.717) is 0 Å². The minimum atomic E-state index is -0.0531. The van der Waals surface area contributed by atoms with Crippen LogP contribution in [0.3, 0.4) is 0 Å². The van der Waals surface area contributed by atoms with Gasteiger partial charge in [0.15, 0.2) is 0 Å². The fraction of sp³-hybridized carbons (Fsp3) is 0.160. The maximum atomic E-state index is 6.20. The van der Waals surface area contributed by atoms with Crippen LogP contribution in [-0.2, 0) is 0 Å². The molecule has 3 heteroatoms. The lowest BCUT2D eigenvalue weighted by atomic mass is 10.1. The van der Waals surface area contributed by atoms with Gasteiger partial charge in [-0.05, 0) is 37.1 Å². The molecule has 140 valence electrons. The van der Waals surface area contributed by atoms with Gasteiger partial charge in [0.2, 0.25) is 0 Å². The van der Waals surface area contributed by atoms with Crippen molar-refractivity contribution < 1.29 is 9.47 Å². The summed E-state index contributed by atoms with van der Waals surface area (Å²) in [5.74, 6) is 1.52. The molecule has 0 saturated heterocycles. The largest absolute Gasteiger partial charge is 0.484 e. The monoisotopic (exact) mass is 369 g/mol. The summed E-state index contributed by atoms with van der Waals surface area (Å²) in [6, 6.07) is 28.4. The summed E-state index contributed by atoms with van der Waals surface area (Å²) in [7, 11) is 0. The summed E-state index contributed by atoms with van der Waals surface area (Å²) in [5.41, 5.74) is 3.11. The minimum absolute atomic E-state index is 0.0435. The summed E-state index contributed by atoms with van der Waals surface area (Å²) < 4.78 is 12.3. The molecule has 0 fully saturated rings. The fourth-order valence-electron chi connectivity index (χ4n) is 3.25. The van der Waals surface area contributed by atoms with Gasteiger partial charge in [0.25, 0.3) is 0 Å². The Hall–Kier alpha value is -3.33. The van der Waals surface area contributed by atoms with E-state index in [1.54, 1.807) is 6.20 Å². The lowest BCUT2D eigenvalue weighted by Crippen LogP contribution is -2.04. The van der Waals surface area contributed by atoms with Gasteiger partial charge in [-0.3, -0.25) is 0 Å². The van der Waals surface area contributed by atoms with E-state index in [2.05, 4.69) is 29.2 Å². The average molecular weight is 369 g/mol. The first-order valence-electron chi connectivity index (χ1n) is 9.52. The van der Waals surface area contributed by atoms with Crippen molar-refractivity contribution in [2.75, 3.05) is 0 Å². The maximum Gasteiger partial charge on any atom is 0.146 e. The number of nitrogens with zero attached hydrogens (tertiary/aromatic N) is 1. The van der Waals surface area contributed by atoms with Gasteiger partial charge in [0.05, 0.1) is 6.20 Å². The molecule has 0 spiro atoms. The molecule has 2 unspecified atom stereocenters. The van der Waals surface area contributed by atoms with Crippen molar-refractivity contribution in [1.82, 2.24) is 4.98 Å². The Morgan fingerprint density at radius 2 is 1.29 bits per heavy atom. The fourth-order valence-corrected chi connectivity index (χ4v) is 3.25. The van der Waals surface area contributed by atoms with Crippen LogP contribution in [0, 0.1) is 0 Å². The highest BCUT2D eigenvalue weighted by Gasteiger charge is 2.12. The van der Waals surface area contributed by atoms with Crippen LogP contribution >= 0.6 is 0 Å². The molecule has 0 aliphatic carbocycles. The standard InChI is InChI=1S/C25H23NO2/c1-18(20-10-5-3-6-11-20)27-23-16-22-14-9-15-24(25(22)26-17-23)28-19(2)21-12-7-4-8-13-21/h3-19H,1-2H3. The van der Waals surface area contributed by atoms with Crippen molar-refractivity contribution in [2.45, 2.75) is 26.1 Å². The van der Waals surface area contributed by atoms with Crippen molar-refractivity contribution in [3.63, 3.8) is 0 Å². The lowest BCUT2D eigenvalue weighted by molar-refractivity contribution is 0.225. The topological polar surface area (TPSA) is 31.4 Å². The molecule has 1 aromatic heterocycles. The molecule has 28 heavy (non-hydrogen) atoms. The third kappa shape index (κ3) is 3.99. The predicted octanol–water partition coefficient (Wildman–Crippen LogP) is 6.51. The number of para-hydroxylation sites is 1. The summed E-state index contributed by atoms with van der Waals surface area (Å²) in [6.45, 7) is 4.09. The Balaban J connectivity index is 1.56. The number of pyridine rings is 1. The summed E-state index contributed by atoms with van der Waals surface area (Å²) in [6.07, 6.45) is 1.67. The van der Waals surface area contributed by atoms with Crippen LogP contribution in [0.15, 0.2) is 91.1 Å². The van der Waals surface area contributed by atoms with Crippen molar-refractivity contribution in [3.8, 4) is 11.5 Å². The number of rotatable bonds is 6. The van der Waals surface area contributed by atoms with Gasteiger partial charge < -0.3 is 9.47 Å². The lowest BCUT2D eigenvalue weighted by Gasteiger charge is -2.17. The van der Waals surface area contributed by atoms with Crippen LogP contribution in [0.2, 0.25) is 0 Å². The van der Waals surface area contributed by atoms with E-state index in [0.717, 1.165) is 33.5 Å². The number of benzene rings is 3. The Labute approximate surface area is 165 Å². The predicted molar refractivity (Wildman–Crippen MR) is 113 cm³/mol. The number of hydrogen-bond donors (Lipinski definition) is 0. The van der Waals surface area contributed by atoms with Crippen molar-refractivity contribution in [3.05, 3.63) is 102 Å². The Kier molecular flexibility index (Phi) is 5.24. The minimum Gasteiger partial charge on any atom is -0.484 e. The Bertz CT molecular complexity index is 1050. The Morgan fingerprint density at radius 3 is 1.93 bits per heavy atom. The molecule has 4 aromatic rings. The van der Waals surface area contributed by atoms with Gasteiger partial charge in [-0.2, -0.15) is 0 Å². The smallest absolute Gasteiger partial charge is 0.146 e. The van der Waals surface area contributed by atoms with Crippen LogP contribution in [-0.4, -0.2) is 4.98 Å². The van der Waals surface area contributed by atoms with Gasteiger partial charge in [0.1, 0.15) is 29.2 Å². The van der Waals surface area contributed by atoms with E-state index in [-0.39, 0.29) is 12.2 Å². The van der Waals surface area contributed by atoms with Gasteiger partial charge in [-0.1, -0.05) is 72.8 Å². The highest BCUT2D eigenvalue weighted by molar-refractivity contribution is 5.85. The molecule has 0 saturated carbocycles. The molecule has 0 radical (unpaired) electrons. The third-order valence-corrected chi connectivity index (χ3v) is 4.80. The maximum absolute atomic E-state index is 6.20. The van der Waals surface area contributed by atoms with Crippen molar-refractivity contribution in [1.29, 1.82) is 0 Å². The average Bonchev–Trinajstić information content (AvgIpc) is 2.75. The number of ether oxygens (including phenoxy) is 2. The first-order valence-corrected chi connectivity index (χ1v) is 9.52. The van der Waals surface area contributed by atoms with Gasteiger partial charge in [0, 0.05) is 5.39 Å². The molecular weight excluding hydrogens is 346 g/mol. The van der Waals surface area contributed by atoms with Gasteiger partial charge in [-0.25, -0.2) is 4.98 Å². The van der Waals surface area contributed by atoms with Gasteiger partial charge >= 0.3 is 0 Å². The molecule has 3 nitrogen and oxygen atoms in total. The second-order valence-electron chi connectivity index (χ2n) is 6.84. The van der Waals surface area contributed by atoms with E-state index in [4.69, 9.17) is 9.47 Å². The summed E-state index contributed by atoms with van der Waals surface area (Å²) in [4.78, 5) is 4.62. The van der Waals surface area contributed by atoms with Crippen LogP contribution in [0.4, 0.5) is 0 Å². The molecule has 1 heterocycles. The first kappa shape index (κ1) is 18.1. The highest BCUT2D eigenvalue weighted by Crippen LogP contribution is 2.31. The normalized spacial score (nSPS) is 13.1. The molecule has 0 aliphatic heterocycles. The molecule has 0 aliphatic rings. The van der Waals surface area contributed by atoms with Crippen molar-refractivity contribution >= 4 is 10.9 Å². The summed E-state index contributed by atoms with van der Waals surface area (Å²) >= 11 is 0. The van der Waals surface area contributed by atoms with Gasteiger partial charge in [-0.15, -0.1) is 0 Å². The van der Waals surface area contributed by atoms with E-state index < -0.39 is 0 Å². The molecule has 0 bridgehead atoms. The number of fused-ring (bicyclic) bond motifs is 1. The zero-order valence-corrected chi connectivity index (χ0v) is 16.1. The molecule has 3 aromatic carbocycles. The quantitative estimate of drug-likeness (QED) is 0.388. The zero-order valence-electron chi connectivity index (χ0n) is 16.1. The first-order chi connectivity index (χ1) is 13.7. The van der Waals surface area contributed by atoms with E-state index in [9.17, 15) is 0 Å². The third-order valence-electron chi connectivity index (χ3n) is 4.80. The molecule has 0 amide bonds. The second-order valence-corrected chi connectivity index (χ2v) is 6.84. The Morgan fingerprint density at radius 1 is 0.679 bits per heavy atom. The van der Waals surface area contributed by atoms with Crippen LogP contribution < -0.4 is 9.47 Å². The second kappa shape index (κ2) is 8.13. The van der Waals surface area contributed by atoms with E-state index in [1.165, 1.54) is 0 Å². The molecular formula is C25H23NO2. The van der Waals surface area contributed by atoms with Crippen LogP contribution in [0.1, 0.15) is 37.2 Å². The number of aromatic nitrogens is 1. The SMILES string of the molecule is CC(Oc1cnc2c(OC(C)c3ccccc3)cccc2c1)c1ccccc1. The highest BCUT2D eigenvalue weighted by atomic mass is 16.5. The summed E-state index contributed by atoms with van der Waals surface area (Å²) in [5, 5.41) is 0.996. The molecule has 4 rings (SSSR count). The number of hydrogen-bond acceptors (Lipinski definition) is 3. The molecule has 2 atom stereocenters. The van der Waals surface area contributed by atoms with Crippen LogP contribution in [0.5, 0.6) is 11.5 Å². The molecule has 0 N–H and O–H groups in total. The van der Waals surface area contributed by atoms with Crippen LogP contribution in [0.25, 0.3) is 10.9 Å².